The van der Waals surface area contributed by atoms with E-state index in [1.807, 2.05) is 49.6 Å². The van der Waals surface area contributed by atoms with Crippen molar-refractivity contribution in [1.82, 2.24) is 4.98 Å². The number of benzene rings is 1. The van der Waals surface area contributed by atoms with Crippen LogP contribution in [0.4, 0.5) is 4.39 Å². The van der Waals surface area contributed by atoms with Crippen molar-refractivity contribution >= 4 is 11.3 Å². The Hall–Kier alpha value is -1.26. The highest BCUT2D eigenvalue weighted by Gasteiger charge is 2.24. The fourth-order valence-corrected chi connectivity index (χ4v) is 3.14. The quantitative estimate of drug-likeness (QED) is 0.876. The summed E-state index contributed by atoms with van der Waals surface area (Å²) >= 11 is 1.52. The molecule has 0 amide bonds. The normalized spacial score (nSPS) is 14.4. The molecule has 0 radical (unpaired) electrons. The molecule has 2 rings (SSSR count). The van der Waals surface area contributed by atoms with Gasteiger partial charge < -0.3 is 5.73 Å². The number of halogens is 1. The van der Waals surface area contributed by atoms with Gasteiger partial charge in [0.05, 0.1) is 10.7 Å². The molecule has 1 heterocycles. The van der Waals surface area contributed by atoms with E-state index in [0.717, 1.165) is 16.3 Å². The van der Waals surface area contributed by atoms with Crippen molar-refractivity contribution in [1.29, 1.82) is 0 Å². The van der Waals surface area contributed by atoms with Gasteiger partial charge in [0.25, 0.3) is 0 Å². The van der Waals surface area contributed by atoms with Gasteiger partial charge >= 0.3 is 0 Å². The molecule has 4 heteroatoms. The molecular weight excluding hydrogens is 271 g/mol. The first kappa shape index (κ1) is 15.1. The number of aromatic nitrogens is 1. The highest BCUT2D eigenvalue weighted by atomic mass is 32.1. The maximum Gasteiger partial charge on any atom is 0.111 e. The van der Waals surface area contributed by atoms with Crippen LogP contribution in [0.15, 0.2) is 35.7 Å². The summed E-state index contributed by atoms with van der Waals surface area (Å²) in [4.78, 5) is 4.53. The highest BCUT2D eigenvalue weighted by molar-refractivity contribution is 7.09. The second-order valence-corrected chi connectivity index (χ2v) is 6.30. The zero-order valence-corrected chi connectivity index (χ0v) is 12.7. The van der Waals surface area contributed by atoms with E-state index < -0.39 is 6.17 Å². The molecule has 2 nitrogen and oxygen atoms in total. The molecule has 20 heavy (non-hydrogen) atoms. The van der Waals surface area contributed by atoms with E-state index in [9.17, 15) is 4.39 Å². The van der Waals surface area contributed by atoms with Crippen LogP contribution in [0.1, 0.15) is 18.9 Å². The van der Waals surface area contributed by atoms with Gasteiger partial charge in [-0.15, -0.1) is 11.3 Å². The first-order chi connectivity index (χ1) is 9.61. The molecule has 0 spiro atoms. The Morgan fingerprint density at radius 3 is 2.55 bits per heavy atom. The fraction of sp³-hybridized carbons (Fsp3) is 0.438. The summed E-state index contributed by atoms with van der Waals surface area (Å²) in [7, 11) is 0. The van der Waals surface area contributed by atoms with Crippen LogP contribution in [0, 0.1) is 11.8 Å². The zero-order chi connectivity index (χ0) is 14.5. The molecule has 0 bridgehead atoms. The predicted molar refractivity (Wildman–Crippen MR) is 83.5 cm³/mol. The van der Waals surface area contributed by atoms with Gasteiger partial charge in [-0.05, 0) is 12.5 Å². The minimum absolute atomic E-state index is 0.0981. The van der Waals surface area contributed by atoms with Crippen molar-refractivity contribution in [3.05, 3.63) is 40.7 Å². The second-order valence-electron chi connectivity index (χ2n) is 5.36. The first-order valence-electron chi connectivity index (χ1n) is 6.95. The minimum atomic E-state index is -0.922. The standard InChI is InChI=1S/C16H21FN2S/c1-11(2)13(9-18)14(17)8-16-19-15(10-20-16)12-6-4-3-5-7-12/h3-7,10-11,13-14H,8-9,18H2,1-2H3. The van der Waals surface area contributed by atoms with Crippen LogP contribution in [-0.2, 0) is 6.42 Å². The number of nitrogens with two attached hydrogens (primary N) is 1. The fourth-order valence-electron chi connectivity index (χ4n) is 2.30. The topological polar surface area (TPSA) is 38.9 Å². The minimum Gasteiger partial charge on any atom is -0.330 e. The Bertz CT molecular complexity index is 524. The van der Waals surface area contributed by atoms with Gasteiger partial charge in [-0.25, -0.2) is 9.37 Å². The van der Waals surface area contributed by atoms with Crippen LogP contribution in [0.25, 0.3) is 11.3 Å². The van der Waals surface area contributed by atoms with Crippen molar-refractivity contribution in [2.75, 3.05) is 6.54 Å². The first-order valence-corrected chi connectivity index (χ1v) is 7.83. The lowest BCUT2D eigenvalue weighted by atomic mass is 9.90. The van der Waals surface area contributed by atoms with E-state index >= 15 is 0 Å². The lowest BCUT2D eigenvalue weighted by Gasteiger charge is -2.22. The molecule has 108 valence electrons. The van der Waals surface area contributed by atoms with E-state index in [1.54, 1.807) is 0 Å². The third kappa shape index (κ3) is 3.64. The van der Waals surface area contributed by atoms with Gasteiger partial charge in [0.2, 0.25) is 0 Å². The van der Waals surface area contributed by atoms with Gasteiger partial charge in [-0.2, -0.15) is 0 Å². The number of alkyl halides is 1. The Labute approximate surface area is 123 Å². The predicted octanol–water partition coefficient (Wildman–Crippen LogP) is 3.92. The van der Waals surface area contributed by atoms with Crippen LogP contribution in [0.2, 0.25) is 0 Å². The van der Waals surface area contributed by atoms with Crippen molar-refractivity contribution in [2.24, 2.45) is 17.6 Å². The number of rotatable bonds is 6. The van der Waals surface area contributed by atoms with Gasteiger partial charge in [-0.3, -0.25) is 0 Å². The SMILES string of the molecule is CC(C)C(CN)C(F)Cc1nc(-c2ccccc2)cs1. The summed E-state index contributed by atoms with van der Waals surface area (Å²) < 4.78 is 14.3. The molecule has 2 aromatic rings. The molecule has 2 N–H and O–H groups in total. The summed E-state index contributed by atoms with van der Waals surface area (Å²) in [6, 6.07) is 9.97. The molecule has 0 aliphatic carbocycles. The summed E-state index contributed by atoms with van der Waals surface area (Å²) in [5, 5.41) is 2.83. The van der Waals surface area contributed by atoms with Gasteiger partial charge in [0, 0.05) is 23.3 Å². The molecule has 1 aromatic carbocycles. The lowest BCUT2D eigenvalue weighted by molar-refractivity contribution is 0.185. The highest BCUT2D eigenvalue weighted by Crippen LogP contribution is 2.25. The largest absolute Gasteiger partial charge is 0.330 e. The van der Waals surface area contributed by atoms with E-state index in [1.165, 1.54) is 11.3 Å². The Kier molecular flexibility index (Phi) is 5.26. The number of nitrogens with zero attached hydrogens (tertiary/aromatic N) is 1. The van der Waals surface area contributed by atoms with Crippen molar-refractivity contribution in [3.63, 3.8) is 0 Å². The van der Waals surface area contributed by atoms with E-state index in [0.29, 0.717) is 13.0 Å². The molecule has 0 aliphatic rings. The van der Waals surface area contributed by atoms with Crippen LogP contribution < -0.4 is 5.73 Å². The van der Waals surface area contributed by atoms with E-state index in [2.05, 4.69) is 4.98 Å². The molecule has 2 unspecified atom stereocenters. The van der Waals surface area contributed by atoms with E-state index in [-0.39, 0.29) is 11.8 Å². The average Bonchev–Trinajstić information content (AvgIpc) is 2.88. The molecule has 0 fully saturated rings. The summed E-state index contributed by atoms with van der Waals surface area (Å²) in [5.41, 5.74) is 7.66. The summed E-state index contributed by atoms with van der Waals surface area (Å²) in [6.07, 6.45) is -0.563. The number of hydrogen-bond acceptors (Lipinski definition) is 3. The molecule has 0 saturated heterocycles. The van der Waals surface area contributed by atoms with Crippen molar-refractivity contribution in [3.8, 4) is 11.3 Å². The summed E-state index contributed by atoms with van der Waals surface area (Å²) in [5.74, 6) is 0.155. The summed E-state index contributed by atoms with van der Waals surface area (Å²) in [6.45, 7) is 4.42. The number of thiazole rings is 1. The molecular formula is C16H21FN2S. The van der Waals surface area contributed by atoms with Gasteiger partial charge in [-0.1, -0.05) is 44.2 Å². The maximum atomic E-state index is 14.3. The molecule has 0 aliphatic heterocycles. The van der Waals surface area contributed by atoms with Crippen molar-refractivity contribution in [2.45, 2.75) is 26.4 Å². The Morgan fingerprint density at radius 2 is 1.95 bits per heavy atom. The lowest BCUT2D eigenvalue weighted by Crippen LogP contribution is -2.30. The van der Waals surface area contributed by atoms with Crippen LogP contribution in [0.5, 0.6) is 0 Å². The molecule has 2 atom stereocenters. The van der Waals surface area contributed by atoms with Crippen LogP contribution in [0.3, 0.4) is 0 Å². The van der Waals surface area contributed by atoms with Gasteiger partial charge in [0.15, 0.2) is 0 Å². The number of hydrogen-bond donors (Lipinski definition) is 1. The Morgan fingerprint density at radius 1 is 1.25 bits per heavy atom. The second kappa shape index (κ2) is 6.95. The smallest absolute Gasteiger partial charge is 0.111 e. The Balaban J connectivity index is 2.06. The van der Waals surface area contributed by atoms with Crippen LogP contribution >= 0.6 is 11.3 Å². The van der Waals surface area contributed by atoms with Crippen LogP contribution in [-0.4, -0.2) is 17.7 Å². The third-order valence-corrected chi connectivity index (χ3v) is 4.46. The van der Waals surface area contributed by atoms with Gasteiger partial charge in [0.1, 0.15) is 6.17 Å². The average molecular weight is 292 g/mol. The zero-order valence-electron chi connectivity index (χ0n) is 11.9. The molecule has 0 saturated carbocycles. The van der Waals surface area contributed by atoms with E-state index in [4.69, 9.17) is 5.73 Å². The monoisotopic (exact) mass is 292 g/mol. The third-order valence-electron chi connectivity index (χ3n) is 3.58. The maximum absolute atomic E-state index is 14.3. The van der Waals surface area contributed by atoms with Crippen molar-refractivity contribution < 1.29 is 4.39 Å². The molecule has 1 aromatic heterocycles.